The normalized spacial score (nSPS) is 11.8. The molecular formula is C14H10F2O2. The van der Waals surface area contributed by atoms with Gasteiger partial charge in [0.15, 0.2) is 0 Å². The fourth-order valence-electron chi connectivity index (χ4n) is 2.53. The first kappa shape index (κ1) is 11.3. The Labute approximate surface area is 102 Å². The van der Waals surface area contributed by atoms with Crippen LogP contribution in [0.2, 0.25) is 0 Å². The first-order valence-electron chi connectivity index (χ1n) is 5.53. The van der Waals surface area contributed by atoms with Crippen molar-refractivity contribution in [2.75, 3.05) is 0 Å². The highest BCUT2D eigenvalue weighted by Crippen LogP contribution is 2.51. The summed E-state index contributed by atoms with van der Waals surface area (Å²) in [6.45, 7) is -0.580. The van der Waals surface area contributed by atoms with E-state index in [-0.39, 0.29) is 13.2 Å². The van der Waals surface area contributed by atoms with Crippen LogP contribution < -0.4 is 0 Å². The standard InChI is InChI=1S/C14H10F2O2/c15-9-1-7(5-17)13-11(3-9)12-4-10(16)2-8(6-18)14(12)13/h1-4,17-18H,5-6H2. The predicted octanol–water partition coefficient (Wildman–Crippen LogP) is 2.60. The minimum Gasteiger partial charge on any atom is -0.392 e. The average molecular weight is 248 g/mol. The molecule has 0 fully saturated rings. The zero-order valence-corrected chi connectivity index (χ0v) is 9.37. The lowest BCUT2D eigenvalue weighted by atomic mass is 9.75. The number of benzene rings is 2. The van der Waals surface area contributed by atoms with Crippen molar-refractivity contribution in [1.82, 2.24) is 0 Å². The van der Waals surface area contributed by atoms with Gasteiger partial charge in [0.1, 0.15) is 11.6 Å². The van der Waals surface area contributed by atoms with E-state index in [0.717, 1.165) is 0 Å². The summed E-state index contributed by atoms with van der Waals surface area (Å²) in [6.07, 6.45) is 0. The topological polar surface area (TPSA) is 40.5 Å². The zero-order valence-electron chi connectivity index (χ0n) is 9.37. The molecule has 1 aliphatic carbocycles. The zero-order chi connectivity index (χ0) is 12.9. The van der Waals surface area contributed by atoms with Crippen LogP contribution in [-0.2, 0) is 13.2 Å². The van der Waals surface area contributed by atoms with E-state index in [4.69, 9.17) is 0 Å². The summed E-state index contributed by atoms with van der Waals surface area (Å²) in [6, 6.07) is 5.15. The summed E-state index contributed by atoms with van der Waals surface area (Å²) >= 11 is 0. The maximum absolute atomic E-state index is 13.4. The quantitative estimate of drug-likeness (QED) is 0.731. The van der Waals surface area contributed by atoms with Gasteiger partial charge in [-0.2, -0.15) is 0 Å². The Kier molecular flexibility index (Phi) is 2.43. The van der Waals surface area contributed by atoms with Crippen molar-refractivity contribution in [1.29, 1.82) is 0 Å². The van der Waals surface area contributed by atoms with E-state index in [9.17, 15) is 19.0 Å². The van der Waals surface area contributed by atoms with Crippen LogP contribution in [0.25, 0.3) is 22.3 Å². The summed E-state index contributed by atoms with van der Waals surface area (Å²) < 4.78 is 26.7. The molecule has 0 heterocycles. The lowest BCUT2D eigenvalue weighted by Gasteiger charge is -2.28. The minimum absolute atomic E-state index is 0.290. The van der Waals surface area contributed by atoms with Gasteiger partial charge in [-0.25, -0.2) is 8.78 Å². The summed E-state index contributed by atoms with van der Waals surface area (Å²) in [5.74, 6) is -0.920. The highest BCUT2D eigenvalue weighted by molar-refractivity contribution is 6.05. The van der Waals surface area contributed by atoms with Crippen molar-refractivity contribution in [2.45, 2.75) is 13.2 Å². The van der Waals surface area contributed by atoms with E-state index in [1.165, 1.54) is 24.3 Å². The summed E-state index contributed by atoms with van der Waals surface area (Å²) in [5.41, 5.74) is 3.50. The molecule has 0 spiro atoms. The number of halogens is 2. The van der Waals surface area contributed by atoms with E-state index in [1.54, 1.807) is 0 Å². The monoisotopic (exact) mass is 248 g/mol. The number of hydrogen-bond donors (Lipinski definition) is 2. The molecule has 0 saturated heterocycles. The van der Waals surface area contributed by atoms with Crippen LogP contribution >= 0.6 is 0 Å². The lowest BCUT2D eigenvalue weighted by molar-refractivity contribution is 0.279. The number of aliphatic hydroxyl groups is 2. The second kappa shape index (κ2) is 3.86. The van der Waals surface area contributed by atoms with Gasteiger partial charge in [-0.05, 0) is 57.6 Å². The third-order valence-corrected chi connectivity index (χ3v) is 3.25. The molecule has 3 rings (SSSR count). The van der Waals surface area contributed by atoms with Gasteiger partial charge in [-0.15, -0.1) is 0 Å². The van der Waals surface area contributed by atoms with Crippen LogP contribution in [0.5, 0.6) is 0 Å². The van der Waals surface area contributed by atoms with Crippen molar-refractivity contribution in [3.8, 4) is 22.3 Å². The molecule has 1 aliphatic rings. The molecule has 0 amide bonds. The molecule has 0 radical (unpaired) electrons. The fraction of sp³-hybridized carbons (Fsp3) is 0.143. The highest BCUT2D eigenvalue weighted by Gasteiger charge is 2.29. The first-order chi connectivity index (χ1) is 8.65. The number of rotatable bonds is 2. The second-order valence-corrected chi connectivity index (χ2v) is 4.29. The van der Waals surface area contributed by atoms with Gasteiger partial charge >= 0.3 is 0 Å². The molecule has 2 aromatic carbocycles. The molecule has 2 nitrogen and oxygen atoms in total. The van der Waals surface area contributed by atoms with Crippen molar-refractivity contribution in [3.05, 3.63) is 47.0 Å². The first-order valence-corrected chi connectivity index (χ1v) is 5.53. The Morgan fingerprint density at radius 3 is 1.44 bits per heavy atom. The molecule has 2 N–H and O–H groups in total. The number of aliphatic hydroxyl groups excluding tert-OH is 2. The summed E-state index contributed by atoms with van der Waals surface area (Å²) in [5, 5.41) is 18.5. The second-order valence-electron chi connectivity index (χ2n) is 4.29. The van der Waals surface area contributed by atoms with Crippen LogP contribution in [0.15, 0.2) is 24.3 Å². The van der Waals surface area contributed by atoms with Gasteiger partial charge in [0, 0.05) is 0 Å². The molecule has 0 atom stereocenters. The molecule has 0 saturated carbocycles. The molecule has 0 aromatic heterocycles. The van der Waals surface area contributed by atoms with Crippen LogP contribution in [0.4, 0.5) is 8.78 Å². The van der Waals surface area contributed by atoms with Crippen molar-refractivity contribution >= 4 is 0 Å². The molecule has 18 heavy (non-hydrogen) atoms. The van der Waals surface area contributed by atoms with Crippen molar-refractivity contribution in [3.63, 3.8) is 0 Å². The van der Waals surface area contributed by atoms with E-state index >= 15 is 0 Å². The molecule has 0 aliphatic heterocycles. The minimum atomic E-state index is -0.460. The van der Waals surface area contributed by atoms with Crippen molar-refractivity contribution in [2.24, 2.45) is 0 Å². The molecule has 0 bridgehead atoms. The predicted molar refractivity (Wildman–Crippen MR) is 62.6 cm³/mol. The van der Waals surface area contributed by atoms with Gasteiger partial charge in [0.25, 0.3) is 0 Å². The van der Waals surface area contributed by atoms with Gasteiger partial charge < -0.3 is 10.2 Å². The summed E-state index contributed by atoms with van der Waals surface area (Å²) in [4.78, 5) is 0. The Bertz CT molecular complexity index is 593. The lowest BCUT2D eigenvalue weighted by Crippen LogP contribution is -2.08. The highest BCUT2D eigenvalue weighted by atomic mass is 19.1. The molecule has 2 aromatic rings. The Morgan fingerprint density at radius 2 is 1.11 bits per heavy atom. The van der Waals surface area contributed by atoms with E-state index in [2.05, 4.69) is 0 Å². The molecule has 0 unspecified atom stereocenters. The number of fused-ring (bicyclic) bond motifs is 4. The van der Waals surface area contributed by atoms with Crippen molar-refractivity contribution < 1.29 is 19.0 Å². The van der Waals surface area contributed by atoms with Gasteiger partial charge in [-0.3, -0.25) is 0 Å². The molecular weight excluding hydrogens is 238 g/mol. The van der Waals surface area contributed by atoms with Gasteiger partial charge in [-0.1, -0.05) is 0 Å². The van der Waals surface area contributed by atoms with E-state index in [1.807, 2.05) is 0 Å². The Morgan fingerprint density at radius 1 is 0.722 bits per heavy atom. The Hall–Kier alpha value is -1.78. The van der Waals surface area contributed by atoms with Gasteiger partial charge in [0.05, 0.1) is 13.2 Å². The van der Waals surface area contributed by atoms with E-state index < -0.39 is 11.6 Å². The fourth-order valence-corrected chi connectivity index (χ4v) is 2.53. The third kappa shape index (κ3) is 1.39. The number of hydrogen-bond acceptors (Lipinski definition) is 2. The summed E-state index contributed by atoms with van der Waals surface area (Å²) in [7, 11) is 0. The smallest absolute Gasteiger partial charge is 0.124 e. The average Bonchev–Trinajstić information content (AvgIpc) is 2.36. The SMILES string of the molecule is OCc1cc(F)cc2c1-c1c(CO)cc(F)cc1-2. The van der Waals surface area contributed by atoms with Crippen LogP contribution in [-0.4, -0.2) is 10.2 Å². The molecule has 92 valence electrons. The maximum atomic E-state index is 13.4. The van der Waals surface area contributed by atoms with Crippen LogP contribution in [0.3, 0.4) is 0 Å². The van der Waals surface area contributed by atoms with Crippen LogP contribution in [0, 0.1) is 11.6 Å². The van der Waals surface area contributed by atoms with Gasteiger partial charge in [0.2, 0.25) is 0 Å². The largest absolute Gasteiger partial charge is 0.392 e. The third-order valence-electron chi connectivity index (χ3n) is 3.25. The van der Waals surface area contributed by atoms with E-state index in [0.29, 0.717) is 33.4 Å². The molecule has 4 heteroatoms. The Balaban J connectivity index is 2.29. The maximum Gasteiger partial charge on any atom is 0.124 e. The van der Waals surface area contributed by atoms with Crippen LogP contribution in [0.1, 0.15) is 11.1 Å².